The Morgan fingerprint density at radius 2 is 2.12 bits per heavy atom. The fourth-order valence-electron chi connectivity index (χ4n) is 2.58. The molecule has 8 nitrogen and oxygen atoms in total. The summed E-state index contributed by atoms with van der Waals surface area (Å²) in [4.78, 5) is 23.7. The summed E-state index contributed by atoms with van der Waals surface area (Å²) >= 11 is 0. The predicted octanol–water partition coefficient (Wildman–Crippen LogP) is 1.65. The first-order valence-electron chi connectivity index (χ1n) is 7.92. The van der Waals surface area contributed by atoms with E-state index < -0.39 is 18.2 Å². The van der Waals surface area contributed by atoms with Crippen molar-refractivity contribution in [3.63, 3.8) is 0 Å². The molecule has 0 aromatic carbocycles. The summed E-state index contributed by atoms with van der Waals surface area (Å²) in [6.45, 7) is 2.09. The molecular formula is C15H18F2N6O2. The van der Waals surface area contributed by atoms with Crippen molar-refractivity contribution in [2.45, 2.75) is 45.2 Å². The Bertz CT molecular complexity index is 809. The highest BCUT2D eigenvalue weighted by Gasteiger charge is 2.30. The van der Waals surface area contributed by atoms with Gasteiger partial charge in [-0.05, 0) is 25.8 Å². The number of carbonyl (C=O) groups is 2. The lowest BCUT2D eigenvalue weighted by Gasteiger charge is -2.07. The molecule has 134 valence electrons. The molecule has 1 fully saturated rings. The minimum Gasteiger partial charge on any atom is -0.364 e. The number of nitrogens with zero attached hydrogens (tertiary/aromatic N) is 4. The van der Waals surface area contributed by atoms with Crippen molar-refractivity contribution in [3.05, 3.63) is 29.3 Å². The third-order valence-electron chi connectivity index (χ3n) is 3.94. The minimum absolute atomic E-state index is 0.0497. The van der Waals surface area contributed by atoms with Gasteiger partial charge in [0.2, 0.25) is 5.91 Å². The van der Waals surface area contributed by atoms with Crippen LogP contribution >= 0.6 is 0 Å². The van der Waals surface area contributed by atoms with E-state index in [1.54, 1.807) is 0 Å². The molecule has 3 N–H and O–H groups in total. The van der Waals surface area contributed by atoms with Crippen molar-refractivity contribution in [1.82, 2.24) is 19.6 Å². The van der Waals surface area contributed by atoms with Crippen LogP contribution in [0.3, 0.4) is 0 Å². The zero-order valence-electron chi connectivity index (χ0n) is 13.6. The Hall–Kier alpha value is -2.78. The number of anilines is 1. The molecule has 0 bridgehead atoms. The molecule has 0 radical (unpaired) electrons. The monoisotopic (exact) mass is 352 g/mol. The van der Waals surface area contributed by atoms with Crippen LogP contribution in [0.4, 0.5) is 14.5 Å². The Kier molecular flexibility index (Phi) is 4.51. The van der Waals surface area contributed by atoms with Crippen molar-refractivity contribution in [2.24, 2.45) is 5.73 Å². The van der Waals surface area contributed by atoms with Crippen LogP contribution in [0.15, 0.2) is 12.3 Å². The molecule has 3 rings (SSSR count). The summed E-state index contributed by atoms with van der Waals surface area (Å²) in [5, 5.41) is 10.4. The van der Waals surface area contributed by atoms with Gasteiger partial charge in [0.05, 0.1) is 5.69 Å². The van der Waals surface area contributed by atoms with Gasteiger partial charge in [0, 0.05) is 24.4 Å². The number of hydrogen-bond donors (Lipinski definition) is 2. The maximum absolute atomic E-state index is 12.9. The Balaban J connectivity index is 1.77. The van der Waals surface area contributed by atoms with Gasteiger partial charge in [-0.1, -0.05) is 0 Å². The lowest BCUT2D eigenvalue weighted by molar-refractivity contribution is -0.117. The van der Waals surface area contributed by atoms with Gasteiger partial charge in [0.1, 0.15) is 12.2 Å². The van der Waals surface area contributed by atoms with Gasteiger partial charge in [-0.2, -0.15) is 10.2 Å². The van der Waals surface area contributed by atoms with Crippen LogP contribution in [0.25, 0.3) is 0 Å². The van der Waals surface area contributed by atoms with Gasteiger partial charge in [-0.15, -0.1) is 0 Å². The predicted molar refractivity (Wildman–Crippen MR) is 84.2 cm³/mol. The lowest BCUT2D eigenvalue weighted by atomic mass is 10.2. The number of amides is 2. The number of aryl methyl sites for hydroxylation is 1. The third-order valence-corrected chi connectivity index (χ3v) is 3.94. The van der Waals surface area contributed by atoms with E-state index in [9.17, 15) is 18.4 Å². The summed E-state index contributed by atoms with van der Waals surface area (Å²) in [6.07, 6.45) is 0.593. The average molecular weight is 352 g/mol. The molecule has 0 spiro atoms. The summed E-state index contributed by atoms with van der Waals surface area (Å²) in [5.74, 6) is -1.10. The highest BCUT2D eigenvalue weighted by molar-refractivity contribution is 6.01. The number of carbonyl (C=O) groups excluding carboxylic acids is 2. The van der Waals surface area contributed by atoms with Crippen LogP contribution in [-0.4, -0.2) is 31.4 Å². The van der Waals surface area contributed by atoms with Crippen molar-refractivity contribution >= 4 is 17.5 Å². The fourth-order valence-corrected chi connectivity index (χ4v) is 2.58. The second kappa shape index (κ2) is 6.61. The first-order chi connectivity index (χ1) is 11.9. The van der Waals surface area contributed by atoms with E-state index in [4.69, 9.17) is 5.73 Å². The maximum Gasteiger partial charge on any atom is 0.282 e. The van der Waals surface area contributed by atoms with Crippen LogP contribution in [0.2, 0.25) is 0 Å². The van der Waals surface area contributed by atoms with Crippen LogP contribution < -0.4 is 11.1 Å². The topological polar surface area (TPSA) is 108 Å². The molecule has 2 aromatic heterocycles. The average Bonchev–Trinajstić information content (AvgIpc) is 3.17. The highest BCUT2D eigenvalue weighted by Crippen LogP contribution is 2.41. The van der Waals surface area contributed by atoms with E-state index in [2.05, 4.69) is 15.5 Å². The second-order valence-corrected chi connectivity index (χ2v) is 5.89. The van der Waals surface area contributed by atoms with Crippen molar-refractivity contribution in [3.8, 4) is 0 Å². The van der Waals surface area contributed by atoms with Crippen molar-refractivity contribution in [1.29, 1.82) is 0 Å². The second-order valence-electron chi connectivity index (χ2n) is 5.89. The molecule has 2 heterocycles. The standard InChI is InChI=1S/C15H18F2N6O2/c1-2-22-6-10(13(21-22)15(18)25)19-12(24)7-23-11(8-3-4-8)5-9(20-23)14(16)17/h5-6,8,14H,2-4,7H2,1H3,(H2,18,25)(H,19,24). The zero-order chi connectivity index (χ0) is 18.1. The van der Waals surface area contributed by atoms with Crippen molar-refractivity contribution < 1.29 is 18.4 Å². The SMILES string of the molecule is CCn1cc(NC(=O)Cn2nc(C(F)F)cc2C2CC2)c(C(N)=O)n1. The summed E-state index contributed by atoms with van der Waals surface area (Å²) in [5.41, 5.74) is 5.68. The third kappa shape index (κ3) is 3.67. The molecule has 1 saturated carbocycles. The molecule has 0 saturated heterocycles. The normalized spacial score (nSPS) is 14.1. The summed E-state index contributed by atoms with van der Waals surface area (Å²) in [6, 6.07) is 1.35. The van der Waals surface area contributed by atoms with Gasteiger partial charge >= 0.3 is 0 Å². The molecule has 2 amide bonds. The molecule has 1 aliphatic rings. The first-order valence-corrected chi connectivity index (χ1v) is 7.92. The molecule has 1 aliphatic carbocycles. The fraction of sp³-hybridized carbons (Fsp3) is 0.467. The van der Waals surface area contributed by atoms with Crippen molar-refractivity contribution in [2.75, 3.05) is 5.32 Å². The quantitative estimate of drug-likeness (QED) is 0.790. The molecule has 2 aromatic rings. The van der Waals surface area contributed by atoms with Gasteiger partial charge in [0.25, 0.3) is 12.3 Å². The highest BCUT2D eigenvalue weighted by atomic mass is 19.3. The number of halogens is 2. The number of nitrogens with two attached hydrogens (primary N) is 1. The van der Waals surface area contributed by atoms with E-state index in [1.165, 1.54) is 21.6 Å². The number of rotatable bonds is 7. The van der Waals surface area contributed by atoms with E-state index in [0.717, 1.165) is 12.8 Å². The van der Waals surface area contributed by atoms with E-state index >= 15 is 0 Å². The maximum atomic E-state index is 12.9. The van der Waals surface area contributed by atoms with E-state index in [1.807, 2.05) is 6.92 Å². The first kappa shape index (κ1) is 17.1. The van der Waals surface area contributed by atoms with Crippen LogP contribution in [0.5, 0.6) is 0 Å². The van der Waals surface area contributed by atoms with Gasteiger partial charge in [-0.25, -0.2) is 8.78 Å². The lowest BCUT2D eigenvalue weighted by Crippen LogP contribution is -2.22. The number of nitrogens with one attached hydrogen (secondary N) is 1. The minimum atomic E-state index is -2.69. The summed E-state index contributed by atoms with van der Waals surface area (Å²) < 4.78 is 28.5. The van der Waals surface area contributed by atoms with Gasteiger partial charge in [0.15, 0.2) is 5.69 Å². The Morgan fingerprint density at radius 1 is 1.40 bits per heavy atom. The molecule has 10 heteroatoms. The van der Waals surface area contributed by atoms with Crippen LogP contribution in [0.1, 0.15) is 54.0 Å². The number of hydrogen-bond acceptors (Lipinski definition) is 4. The number of alkyl halides is 2. The molecule has 0 aliphatic heterocycles. The Morgan fingerprint density at radius 3 is 2.68 bits per heavy atom. The number of aromatic nitrogens is 4. The van der Waals surface area contributed by atoms with E-state index in [-0.39, 0.29) is 29.5 Å². The molecular weight excluding hydrogens is 334 g/mol. The Labute approximate surface area is 142 Å². The summed E-state index contributed by atoms with van der Waals surface area (Å²) in [7, 11) is 0. The largest absolute Gasteiger partial charge is 0.364 e. The van der Waals surface area contributed by atoms with E-state index in [0.29, 0.717) is 12.2 Å². The molecule has 25 heavy (non-hydrogen) atoms. The van der Waals surface area contributed by atoms with Gasteiger partial charge < -0.3 is 11.1 Å². The zero-order valence-corrected chi connectivity index (χ0v) is 13.6. The van der Waals surface area contributed by atoms with Crippen LogP contribution in [-0.2, 0) is 17.9 Å². The van der Waals surface area contributed by atoms with Crippen LogP contribution in [0, 0.1) is 0 Å². The molecule has 0 unspecified atom stereocenters. The smallest absolute Gasteiger partial charge is 0.282 e. The molecule has 0 atom stereocenters. The van der Waals surface area contributed by atoms with Gasteiger partial charge in [-0.3, -0.25) is 19.0 Å². The number of primary amides is 1.